The molecule has 0 saturated heterocycles. The van der Waals surface area contributed by atoms with E-state index in [2.05, 4.69) is 25.0 Å². The number of rotatable bonds is 6. The lowest BCUT2D eigenvalue weighted by Crippen LogP contribution is -2.22. The number of nitrogens with zero attached hydrogens (tertiary/aromatic N) is 7. The highest BCUT2D eigenvalue weighted by Crippen LogP contribution is 2.22. The Bertz CT molecular complexity index is 1370. The van der Waals surface area contributed by atoms with Crippen molar-refractivity contribution in [3.63, 3.8) is 0 Å². The summed E-state index contributed by atoms with van der Waals surface area (Å²) in [6.45, 7) is 3.81. The minimum Gasteiger partial charge on any atom is -0.504 e. The number of aryl methyl sites for hydroxylation is 4. The number of fused-ring (bicyclic) bond motifs is 1. The molecule has 0 aromatic carbocycles. The maximum absolute atomic E-state index is 11.8. The van der Waals surface area contributed by atoms with Crippen LogP contribution in [0.1, 0.15) is 38.4 Å². The lowest BCUT2D eigenvalue weighted by molar-refractivity contribution is 0.0990. The Hall–Kier alpha value is -4.13. The molecule has 0 fully saturated rings. The number of thiazole rings is 1. The summed E-state index contributed by atoms with van der Waals surface area (Å²) < 4.78 is 2.99. The van der Waals surface area contributed by atoms with Gasteiger partial charge < -0.3 is 16.6 Å². The maximum atomic E-state index is 11.8. The van der Waals surface area contributed by atoms with Crippen LogP contribution in [0.4, 0.5) is 0 Å². The Labute approximate surface area is 185 Å². The molecule has 32 heavy (non-hydrogen) atoms. The van der Waals surface area contributed by atoms with Gasteiger partial charge in [0.05, 0.1) is 22.4 Å². The molecule has 0 atom stereocenters. The fourth-order valence-electron chi connectivity index (χ4n) is 3.22. The van der Waals surface area contributed by atoms with E-state index in [0.717, 1.165) is 5.01 Å². The number of nitrogens with two attached hydrogens (primary N) is 2. The minimum atomic E-state index is -0.755. The van der Waals surface area contributed by atoms with Gasteiger partial charge in [-0.1, -0.05) is 0 Å². The van der Waals surface area contributed by atoms with Gasteiger partial charge in [-0.05, 0) is 13.8 Å². The molecule has 0 aliphatic heterocycles. The fourth-order valence-corrected chi connectivity index (χ4v) is 3.83. The van der Waals surface area contributed by atoms with Gasteiger partial charge in [-0.3, -0.25) is 24.3 Å². The van der Waals surface area contributed by atoms with Crippen molar-refractivity contribution in [3.8, 4) is 5.75 Å². The molecule has 12 nitrogen and oxygen atoms in total. The molecule has 0 aliphatic rings. The van der Waals surface area contributed by atoms with E-state index in [1.54, 1.807) is 26.2 Å². The van der Waals surface area contributed by atoms with Crippen molar-refractivity contribution < 1.29 is 9.90 Å². The van der Waals surface area contributed by atoms with E-state index in [-0.39, 0.29) is 34.6 Å². The van der Waals surface area contributed by atoms with Crippen LogP contribution in [-0.2, 0) is 13.0 Å². The summed E-state index contributed by atoms with van der Waals surface area (Å²) in [5.41, 5.74) is 13.3. The molecule has 1 amide bonds. The number of carbonyl (C=O) groups excluding carboxylic acids is 1. The zero-order valence-corrected chi connectivity index (χ0v) is 18.1. The van der Waals surface area contributed by atoms with E-state index in [9.17, 15) is 9.90 Å². The molecule has 4 heterocycles. The van der Waals surface area contributed by atoms with Crippen LogP contribution in [-0.4, -0.2) is 51.8 Å². The number of amidine groups is 2. The predicted octanol–water partition coefficient (Wildman–Crippen LogP) is 0.777. The summed E-state index contributed by atoms with van der Waals surface area (Å²) >= 11 is 1.52. The first kappa shape index (κ1) is 21.1. The molecule has 0 spiro atoms. The summed E-state index contributed by atoms with van der Waals surface area (Å²) in [6.07, 6.45) is 5.38. The van der Waals surface area contributed by atoms with Crippen molar-refractivity contribution in [2.75, 3.05) is 0 Å². The van der Waals surface area contributed by atoms with E-state index in [4.69, 9.17) is 16.9 Å². The lowest BCUT2D eigenvalue weighted by Gasteiger charge is -2.07. The van der Waals surface area contributed by atoms with Crippen molar-refractivity contribution in [2.45, 2.75) is 26.8 Å². The molecule has 13 heteroatoms. The number of amides is 1. The van der Waals surface area contributed by atoms with Crippen molar-refractivity contribution in [1.82, 2.24) is 29.1 Å². The summed E-state index contributed by atoms with van der Waals surface area (Å²) in [4.78, 5) is 28.5. The quantitative estimate of drug-likeness (QED) is 0.246. The second-order valence-corrected chi connectivity index (χ2v) is 7.94. The van der Waals surface area contributed by atoms with Crippen LogP contribution < -0.4 is 11.5 Å². The molecular weight excluding hydrogens is 432 g/mol. The second-order valence-electron chi connectivity index (χ2n) is 6.96. The first-order chi connectivity index (χ1) is 15.3. The number of nitrogens with one attached hydrogen (secondary N) is 1. The van der Waals surface area contributed by atoms with Gasteiger partial charge in [0.15, 0.2) is 17.4 Å². The first-order valence-corrected chi connectivity index (χ1v) is 10.4. The highest BCUT2D eigenvalue weighted by atomic mass is 32.1. The van der Waals surface area contributed by atoms with Crippen molar-refractivity contribution >= 4 is 34.4 Å². The number of aliphatic imine (C=N–C) groups is 1. The number of carbonyl (C=O) groups is 1. The molecule has 4 aromatic heterocycles. The Kier molecular flexibility index (Phi) is 5.40. The highest BCUT2D eigenvalue weighted by molar-refractivity contribution is 7.09. The lowest BCUT2D eigenvalue weighted by atomic mass is 10.3. The number of imidazole rings is 1. The molecule has 4 aromatic rings. The van der Waals surface area contributed by atoms with Gasteiger partial charge in [-0.2, -0.15) is 5.10 Å². The third-order valence-electron chi connectivity index (χ3n) is 4.69. The van der Waals surface area contributed by atoms with Crippen LogP contribution in [0.25, 0.3) is 5.52 Å². The number of aromatic hydroxyl groups is 1. The van der Waals surface area contributed by atoms with Gasteiger partial charge in [-0.25, -0.2) is 15.0 Å². The zero-order valence-electron chi connectivity index (χ0n) is 17.3. The summed E-state index contributed by atoms with van der Waals surface area (Å²) in [5, 5.41) is 26.0. The SMILES string of the molecule is Cc1cn2c(C(N)=O)nc(C(=N)N=C(N)c3c(O)c(C)nn3CCc3nccs3)c2cn1. The molecule has 4 rings (SSSR count). The Morgan fingerprint density at radius 3 is 2.78 bits per heavy atom. The predicted molar refractivity (Wildman–Crippen MR) is 118 cm³/mol. The molecule has 0 bridgehead atoms. The molecule has 0 radical (unpaired) electrons. The van der Waals surface area contributed by atoms with E-state index in [0.29, 0.717) is 29.9 Å². The Morgan fingerprint density at radius 2 is 2.09 bits per heavy atom. The fraction of sp³-hybridized carbons (Fsp3) is 0.211. The van der Waals surface area contributed by atoms with Gasteiger partial charge in [0.1, 0.15) is 17.1 Å². The van der Waals surface area contributed by atoms with E-state index >= 15 is 0 Å². The van der Waals surface area contributed by atoms with Crippen LogP contribution >= 0.6 is 11.3 Å². The standard InChI is InChI=1S/C19H20N10O2S/c1-9-8-28-11(7-24-9)13(25-19(28)18(22)31)16(20)26-17(21)14-15(30)10(2)27-29(14)5-3-12-23-4-6-32-12/h4,6-8,30H,3,5H2,1-2H3,(H2,22,31)(H3,20,21,26). The largest absolute Gasteiger partial charge is 0.504 e. The Morgan fingerprint density at radius 1 is 1.31 bits per heavy atom. The van der Waals surface area contributed by atoms with E-state index in [1.165, 1.54) is 26.6 Å². The zero-order chi connectivity index (χ0) is 23.0. The summed E-state index contributed by atoms with van der Waals surface area (Å²) in [7, 11) is 0. The van der Waals surface area contributed by atoms with Crippen LogP contribution in [0.2, 0.25) is 0 Å². The third-order valence-corrected chi connectivity index (χ3v) is 5.53. The van der Waals surface area contributed by atoms with E-state index < -0.39 is 5.91 Å². The molecular formula is C19H20N10O2S. The second kappa shape index (κ2) is 8.19. The normalized spacial score (nSPS) is 11.9. The number of hydrogen-bond donors (Lipinski definition) is 4. The van der Waals surface area contributed by atoms with E-state index in [1.807, 2.05) is 5.38 Å². The molecule has 6 N–H and O–H groups in total. The van der Waals surface area contributed by atoms with Gasteiger partial charge in [-0.15, -0.1) is 11.3 Å². The number of hydrogen-bond acceptors (Lipinski definition) is 8. The van der Waals surface area contributed by atoms with Gasteiger partial charge >= 0.3 is 0 Å². The van der Waals surface area contributed by atoms with Gasteiger partial charge in [0.25, 0.3) is 5.91 Å². The topological polar surface area (TPSA) is 186 Å². The Balaban J connectivity index is 1.71. The minimum absolute atomic E-state index is 0.0498. The van der Waals surface area contributed by atoms with Gasteiger partial charge in [0.2, 0.25) is 5.82 Å². The summed E-state index contributed by atoms with van der Waals surface area (Å²) in [5.74, 6) is -1.36. The van der Waals surface area contributed by atoms with Crippen LogP contribution in [0, 0.1) is 19.3 Å². The molecule has 164 valence electrons. The molecule has 0 saturated carbocycles. The van der Waals surface area contributed by atoms with Gasteiger partial charge in [0, 0.05) is 30.7 Å². The average Bonchev–Trinajstić information content (AvgIpc) is 3.44. The van der Waals surface area contributed by atoms with Crippen molar-refractivity contribution in [1.29, 1.82) is 5.41 Å². The summed E-state index contributed by atoms with van der Waals surface area (Å²) in [6, 6.07) is 0. The van der Waals surface area contributed by atoms with Crippen LogP contribution in [0.3, 0.4) is 0 Å². The van der Waals surface area contributed by atoms with Crippen LogP contribution in [0.15, 0.2) is 29.0 Å². The first-order valence-electron chi connectivity index (χ1n) is 9.49. The third kappa shape index (κ3) is 3.80. The molecule has 0 unspecified atom stereocenters. The average molecular weight is 453 g/mol. The maximum Gasteiger partial charge on any atom is 0.285 e. The highest BCUT2D eigenvalue weighted by Gasteiger charge is 2.22. The smallest absolute Gasteiger partial charge is 0.285 e. The van der Waals surface area contributed by atoms with Crippen LogP contribution in [0.5, 0.6) is 5.75 Å². The van der Waals surface area contributed by atoms with Crippen molar-refractivity contribution in [3.05, 3.63) is 57.6 Å². The van der Waals surface area contributed by atoms with Crippen molar-refractivity contribution in [2.24, 2.45) is 16.5 Å². The monoisotopic (exact) mass is 452 g/mol. The number of primary amides is 1. The molecule has 0 aliphatic carbocycles. The number of aromatic nitrogens is 6.